The summed E-state index contributed by atoms with van der Waals surface area (Å²) < 4.78 is 0. The SMILES string of the molecule is Cc1csc(C(Cl)c2ccc(C3CCCCC3)cc2)c1Cl. The van der Waals surface area contributed by atoms with Crippen molar-refractivity contribution in [2.75, 3.05) is 0 Å². The number of thiophene rings is 1. The number of rotatable bonds is 3. The molecule has 0 radical (unpaired) electrons. The van der Waals surface area contributed by atoms with Gasteiger partial charge in [-0.1, -0.05) is 55.1 Å². The molecule has 0 aliphatic heterocycles. The van der Waals surface area contributed by atoms with Crippen LogP contribution in [0.4, 0.5) is 0 Å². The molecule has 1 atom stereocenters. The van der Waals surface area contributed by atoms with Crippen molar-refractivity contribution >= 4 is 34.5 Å². The Balaban J connectivity index is 1.78. The van der Waals surface area contributed by atoms with Crippen molar-refractivity contribution in [3.05, 3.63) is 56.2 Å². The Hall–Kier alpha value is -0.500. The number of benzene rings is 1. The summed E-state index contributed by atoms with van der Waals surface area (Å²) in [5.41, 5.74) is 3.72. The smallest absolute Gasteiger partial charge is 0.0942 e. The molecular weight excluding hydrogens is 319 g/mol. The average Bonchev–Trinajstić information content (AvgIpc) is 2.87. The quantitative estimate of drug-likeness (QED) is 0.524. The molecule has 0 spiro atoms. The van der Waals surface area contributed by atoms with Crippen molar-refractivity contribution in [1.29, 1.82) is 0 Å². The van der Waals surface area contributed by atoms with E-state index in [-0.39, 0.29) is 5.38 Å². The summed E-state index contributed by atoms with van der Waals surface area (Å²) in [6, 6.07) is 8.87. The first-order valence-electron chi connectivity index (χ1n) is 7.64. The molecule has 0 bridgehead atoms. The zero-order valence-corrected chi connectivity index (χ0v) is 14.6. The molecule has 2 aromatic rings. The predicted octanol–water partition coefficient (Wildman–Crippen LogP) is 7.09. The monoisotopic (exact) mass is 338 g/mol. The minimum Gasteiger partial charge on any atom is -0.145 e. The van der Waals surface area contributed by atoms with E-state index in [0.717, 1.165) is 26.9 Å². The molecule has 1 heterocycles. The van der Waals surface area contributed by atoms with Crippen LogP contribution in [0.3, 0.4) is 0 Å². The molecule has 1 aromatic carbocycles. The van der Waals surface area contributed by atoms with Crippen molar-refractivity contribution in [2.45, 2.75) is 50.3 Å². The van der Waals surface area contributed by atoms with E-state index in [2.05, 4.69) is 29.6 Å². The van der Waals surface area contributed by atoms with Crippen LogP contribution in [0, 0.1) is 6.92 Å². The highest BCUT2D eigenvalue weighted by atomic mass is 35.5. The Bertz CT molecular complexity index is 594. The molecule has 0 amide bonds. The number of hydrogen-bond donors (Lipinski definition) is 0. The Labute approximate surface area is 141 Å². The maximum absolute atomic E-state index is 6.61. The lowest BCUT2D eigenvalue weighted by molar-refractivity contribution is 0.443. The van der Waals surface area contributed by atoms with Crippen LogP contribution in [0.2, 0.25) is 5.02 Å². The zero-order valence-electron chi connectivity index (χ0n) is 12.2. The molecule has 0 nitrogen and oxygen atoms in total. The van der Waals surface area contributed by atoms with Crippen molar-refractivity contribution in [2.24, 2.45) is 0 Å². The minimum atomic E-state index is -0.142. The molecule has 1 aliphatic rings. The number of hydrogen-bond acceptors (Lipinski definition) is 1. The van der Waals surface area contributed by atoms with Crippen LogP contribution in [0.5, 0.6) is 0 Å². The van der Waals surface area contributed by atoms with E-state index >= 15 is 0 Å². The lowest BCUT2D eigenvalue weighted by Gasteiger charge is -2.22. The fourth-order valence-corrected chi connectivity index (χ4v) is 4.91. The molecule has 1 aromatic heterocycles. The third-order valence-electron chi connectivity index (χ3n) is 4.46. The molecule has 3 heteroatoms. The summed E-state index contributed by atoms with van der Waals surface area (Å²) in [5.74, 6) is 0.745. The van der Waals surface area contributed by atoms with E-state index in [9.17, 15) is 0 Å². The van der Waals surface area contributed by atoms with E-state index in [1.165, 1.54) is 37.7 Å². The summed E-state index contributed by atoms with van der Waals surface area (Å²) in [6.45, 7) is 2.03. The molecule has 21 heavy (non-hydrogen) atoms. The van der Waals surface area contributed by atoms with Gasteiger partial charge in [0.25, 0.3) is 0 Å². The second-order valence-electron chi connectivity index (χ2n) is 5.96. The van der Waals surface area contributed by atoms with Gasteiger partial charge >= 0.3 is 0 Å². The third kappa shape index (κ3) is 3.31. The predicted molar refractivity (Wildman–Crippen MR) is 94.0 cm³/mol. The van der Waals surface area contributed by atoms with E-state index in [1.54, 1.807) is 11.3 Å². The molecule has 0 saturated heterocycles. The van der Waals surface area contributed by atoms with Crippen molar-refractivity contribution in [3.8, 4) is 0 Å². The lowest BCUT2D eigenvalue weighted by Crippen LogP contribution is -2.04. The summed E-state index contributed by atoms with van der Waals surface area (Å²) in [6.07, 6.45) is 6.80. The Kier molecular flexibility index (Phi) is 4.93. The second kappa shape index (κ2) is 6.73. The van der Waals surface area contributed by atoms with Crippen LogP contribution < -0.4 is 0 Å². The number of alkyl halides is 1. The van der Waals surface area contributed by atoms with E-state index in [0.29, 0.717) is 0 Å². The topological polar surface area (TPSA) is 0 Å². The van der Waals surface area contributed by atoms with Crippen molar-refractivity contribution in [1.82, 2.24) is 0 Å². The van der Waals surface area contributed by atoms with Crippen LogP contribution in [-0.4, -0.2) is 0 Å². The van der Waals surface area contributed by atoms with Crippen LogP contribution in [0.1, 0.15) is 65.0 Å². The van der Waals surface area contributed by atoms with E-state index in [1.807, 2.05) is 6.92 Å². The van der Waals surface area contributed by atoms with Gasteiger partial charge in [0.15, 0.2) is 0 Å². The zero-order chi connectivity index (χ0) is 14.8. The third-order valence-corrected chi connectivity index (χ3v) is 6.84. The normalized spacial score (nSPS) is 17.9. The van der Waals surface area contributed by atoms with Gasteiger partial charge in [0.1, 0.15) is 0 Å². The first-order chi connectivity index (χ1) is 10.2. The van der Waals surface area contributed by atoms with Gasteiger partial charge in [-0.2, -0.15) is 0 Å². The van der Waals surface area contributed by atoms with Crippen LogP contribution in [-0.2, 0) is 0 Å². The van der Waals surface area contributed by atoms with Crippen molar-refractivity contribution in [3.63, 3.8) is 0 Å². The van der Waals surface area contributed by atoms with Gasteiger partial charge in [0.2, 0.25) is 0 Å². The molecular formula is C18H20Cl2S. The van der Waals surface area contributed by atoms with Crippen molar-refractivity contribution < 1.29 is 0 Å². The summed E-state index contributed by atoms with van der Waals surface area (Å²) in [4.78, 5) is 1.06. The highest BCUT2D eigenvalue weighted by Crippen LogP contribution is 2.40. The van der Waals surface area contributed by atoms with Gasteiger partial charge in [-0.15, -0.1) is 22.9 Å². The number of halogens is 2. The van der Waals surface area contributed by atoms with Gasteiger partial charge in [0.05, 0.1) is 10.4 Å². The lowest BCUT2D eigenvalue weighted by atomic mass is 9.84. The highest BCUT2D eigenvalue weighted by molar-refractivity contribution is 7.11. The molecule has 1 aliphatic carbocycles. The first-order valence-corrected chi connectivity index (χ1v) is 9.33. The van der Waals surface area contributed by atoms with Gasteiger partial charge in [-0.3, -0.25) is 0 Å². The van der Waals surface area contributed by atoms with E-state index < -0.39 is 0 Å². The van der Waals surface area contributed by atoms with Gasteiger partial charge < -0.3 is 0 Å². The molecule has 1 unspecified atom stereocenters. The Morgan fingerprint density at radius 1 is 1.10 bits per heavy atom. The number of aryl methyl sites for hydroxylation is 1. The Morgan fingerprint density at radius 2 is 1.76 bits per heavy atom. The van der Waals surface area contributed by atoms with Crippen LogP contribution >= 0.6 is 34.5 Å². The Morgan fingerprint density at radius 3 is 2.33 bits per heavy atom. The van der Waals surface area contributed by atoms with Gasteiger partial charge in [0, 0.05) is 4.88 Å². The highest BCUT2D eigenvalue weighted by Gasteiger charge is 2.19. The van der Waals surface area contributed by atoms with Crippen LogP contribution in [0.15, 0.2) is 29.6 Å². The fourth-order valence-electron chi connectivity index (χ4n) is 3.15. The molecule has 3 rings (SSSR count). The maximum Gasteiger partial charge on any atom is 0.0942 e. The molecule has 112 valence electrons. The van der Waals surface area contributed by atoms with Gasteiger partial charge in [-0.25, -0.2) is 0 Å². The fraction of sp³-hybridized carbons (Fsp3) is 0.444. The maximum atomic E-state index is 6.61. The second-order valence-corrected chi connectivity index (χ2v) is 7.69. The average molecular weight is 339 g/mol. The molecule has 1 fully saturated rings. The van der Waals surface area contributed by atoms with E-state index in [4.69, 9.17) is 23.2 Å². The summed E-state index contributed by atoms with van der Waals surface area (Å²) in [7, 11) is 0. The van der Waals surface area contributed by atoms with Crippen LogP contribution in [0.25, 0.3) is 0 Å². The minimum absolute atomic E-state index is 0.142. The summed E-state index contributed by atoms with van der Waals surface area (Å²) in [5, 5.41) is 2.75. The van der Waals surface area contributed by atoms with Gasteiger partial charge in [-0.05, 0) is 47.8 Å². The largest absolute Gasteiger partial charge is 0.145 e. The molecule has 1 saturated carbocycles. The molecule has 0 N–H and O–H groups in total. The first kappa shape index (κ1) is 15.4. The summed E-state index contributed by atoms with van der Waals surface area (Å²) >= 11 is 14.6. The standard InChI is InChI=1S/C18H20Cl2S/c1-12-11-21-18(16(12)19)17(20)15-9-7-14(8-10-15)13-5-3-2-4-6-13/h7-11,13,17H,2-6H2,1H3.